The van der Waals surface area contributed by atoms with Crippen LogP contribution in [0.15, 0.2) is 60.8 Å². The lowest BCUT2D eigenvalue weighted by Crippen LogP contribution is -2.28. The Morgan fingerprint density at radius 3 is 2.29 bits per heavy atom. The smallest absolute Gasteiger partial charge is 0.376 e. The van der Waals surface area contributed by atoms with Crippen LogP contribution in [0.1, 0.15) is 0 Å². The number of benzene rings is 2. The van der Waals surface area contributed by atoms with Crippen molar-refractivity contribution < 1.29 is 25.8 Å². The summed E-state index contributed by atoms with van der Waals surface area (Å²) in [7, 11) is -5.67. The molecule has 0 bridgehead atoms. The summed E-state index contributed by atoms with van der Waals surface area (Å²) in [5, 5.41) is 0.872. The number of aromatic nitrogens is 1. The molecule has 0 amide bonds. The quantitative estimate of drug-likeness (QED) is 0.525. The van der Waals surface area contributed by atoms with Gasteiger partial charge in [0.2, 0.25) is 0 Å². The van der Waals surface area contributed by atoms with E-state index in [1.807, 2.05) is 24.3 Å². The summed E-state index contributed by atoms with van der Waals surface area (Å²) in [5.41, 5.74) is -3.17. The lowest BCUT2D eigenvalue weighted by molar-refractivity contribution is -0.0500. The van der Waals surface area contributed by atoms with Crippen LogP contribution in [-0.2, 0) is 10.1 Å². The Kier molecular flexibility index (Phi) is 3.92. The molecule has 4 nitrogen and oxygen atoms in total. The van der Waals surface area contributed by atoms with Gasteiger partial charge in [-0.25, -0.2) is 0 Å². The molecule has 0 aliphatic carbocycles. The summed E-state index contributed by atoms with van der Waals surface area (Å²) >= 11 is 0. The van der Waals surface area contributed by atoms with Gasteiger partial charge in [0.1, 0.15) is 5.75 Å². The predicted octanol–water partition coefficient (Wildman–Crippen LogP) is 4.13. The molecule has 1 heterocycles. The summed E-state index contributed by atoms with van der Waals surface area (Å²) in [6.45, 7) is 0. The van der Waals surface area contributed by atoms with E-state index < -0.39 is 21.4 Å². The maximum atomic E-state index is 12.3. The Morgan fingerprint density at radius 2 is 1.62 bits per heavy atom. The fourth-order valence-corrected chi connectivity index (χ4v) is 2.68. The average molecular weight is 353 g/mol. The van der Waals surface area contributed by atoms with Crippen LogP contribution in [0.2, 0.25) is 0 Å². The molecule has 1 aromatic heterocycles. The van der Waals surface area contributed by atoms with Gasteiger partial charge in [-0.2, -0.15) is 21.6 Å². The minimum atomic E-state index is -5.67. The first-order valence-corrected chi connectivity index (χ1v) is 8.14. The zero-order valence-electron chi connectivity index (χ0n) is 12.0. The number of fused-ring (bicyclic) bond motifs is 1. The van der Waals surface area contributed by atoms with Crippen LogP contribution in [0.4, 0.5) is 13.2 Å². The Labute approximate surface area is 135 Å². The maximum absolute atomic E-state index is 12.3. The van der Waals surface area contributed by atoms with Crippen LogP contribution in [0, 0.1) is 0 Å². The predicted molar refractivity (Wildman–Crippen MR) is 82.8 cm³/mol. The highest BCUT2D eigenvalue weighted by molar-refractivity contribution is 7.88. The van der Waals surface area contributed by atoms with Crippen molar-refractivity contribution >= 4 is 21.0 Å². The van der Waals surface area contributed by atoms with Gasteiger partial charge in [0.05, 0.1) is 5.52 Å². The van der Waals surface area contributed by atoms with E-state index in [4.69, 9.17) is 0 Å². The first-order chi connectivity index (χ1) is 11.3. The van der Waals surface area contributed by atoms with Crippen LogP contribution < -0.4 is 4.18 Å². The van der Waals surface area contributed by atoms with E-state index in [9.17, 15) is 21.6 Å². The van der Waals surface area contributed by atoms with Gasteiger partial charge in [-0.15, -0.1) is 0 Å². The van der Waals surface area contributed by atoms with Gasteiger partial charge in [-0.3, -0.25) is 4.98 Å². The van der Waals surface area contributed by atoms with E-state index in [1.54, 1.807) is 12.3 Å². The topological polar surface area (TPSA) is 56.3 Å². The summed E-state index contributed by atoms with van der Waals surface area (Å²) in [4.78, 5) is 4.23. The summed E-state index contributed by atoms with van der Waals surface area (Å²) in [6, 6.07) is 14.5. The van der Waals surface area contributed by atoms with Gasteiger partial charge < -0.3 is 4.18 Å². The van der Waals surface area contributed by atoms with E-state index in [-0.39, 0.29) is 0 Å². The molecule has 0 N–H and O–H groups in total. The second-order valence-electron chi connectivity index (χ2n) is 4.88. The molecule has 124 valence electrons. The highest BCUT2D eigenvalue weighted by Crippen LogP contribution is 2.31. The first kappa shape index (κ1) is 16.3. The van der Waals surface area contributed by atoms with Crippen LogP contribution in [0.5, 0.6) is 5.75 Å². The zero-order valence-corrected chi connectivity index (χ0v) is 12.8. The highest BCUT2D eigenvalue weighted by Gasteiger charge is 2.48. The van der Waals surface area contributed by atoms with Crippen molar-refractivity contribution in [1.82, 2.24) is 4.98 Å². The number of hydrogen-bond acceptors (Lipinski definition) is 4. The normalized spacial score (nSPS) is 12.3. The molecule has 0 fully saturated rings. The van der Waals surface area contributed by atoms with Crippen molar-refractivity contribution in [2.45, 2.75) is 5.51 Å². The van der Waals surface area contributed by atoms with Crippen molar-refractivity contribution in [2.75, 3.05) is 0 Å². The highest BCUT2D eigenvalue weighted by atomic mass is 32.2. The SMILES string of the molecule is O=S(=O)(Oc1ccc(-c2cccc3ncccc23)cc1)C(F)(F)F. The molecule has 3 rings (SSSR count). The summed E-state index contributed by atoms with van der Waals surface area (Å²) < 4.78 is 63.0. The second kappa shape index (κ2) is 5.79. The molecular formula is C16H10F3NO3S. The third-order valence-corrected chi connectivity index (χ3v) is 4.28. The van der Waals surface area contributed by atoms with Gasteiger partial charge in [0.15, 0.2) is 0 Å². The minimum absolute atomic E-state index is 0.408. The Hall–Kier alpha value is -2.61. The Morgan fingerprint density at radius 1 is 0.917 bits per heavy atom. The first-order valence-electron chi connectivity index (χ1n) is 6.73. The minimum Gasteiger partial charge on any atom is -0.376 e. The van der Waals surface area contributed by atoms with Crippen molar-refractivity contribution in [3.8, 4) is 16.9 Å². The van der Waals surface area contributed by atoms with E-state index in [0.717, 1.165) is 16.5 Å². The van der Waals surface area contributed by atoms with E-state index in [2.05, 4.69) is 9.17 Å². The van der Waals surface area contributed by atoms with Crippen molar-refractivity contribution in [3.63, 3.8) is 0 Å². The second-order valence-corrected chi connectivity index (χ2v) is 6.42. The molecule has 0 aliphatic heterocycles. The molecule has 0 aliphatic rings. The molecular weight excluding hydrogens is 343 g/mol. The lowest BCUT2D eigenvalue weighted by Gasteiger charge is -2.10. The number of hydrogen-bond donors (Lipinski definition) is 0. The van der Waals surface area contributed by atoms with E-state index in [1.165, 1.54) is 24.3 Å². The van der Waals surface area contributed by atoms with Crippen LogP contribution >= 0.6 is 0 Å². The van der Waals surface area contributed by atoms with Gasteiger partial charge in [0.25, 0.3) is 0 Å². The van der Waals surface area contributed by atoms with E-state index in [0.29, 0.717) is 5.56 Å². The molecule has 8 heteroatoms. The standard InChI is InChI=1S/C16H10F3NO3S/c17-16(18,19)24(21,22)23-12-8-6-11(7-9-12)13-3-1-5-15-14(13)4-2-10-20-15/h1-10H. The molecule has 0 spiro atoms. The molecule has 0 unspecified atom stereocenters. The molecule has 0 saturated carbocycles. The van der Waals surface area contributed by atoms with Gasteiger partial charge >= 0.3 is 15.6 Å². The monoisotopic (exact) mass is 353 g/mol. The number of halogens is 3. The van der Waals surface area contributed by atoms with Gasteiger partial charge in [-0.1, -0.05) is 30.3 Å². The third kappa shape index (κ3) is 3.05. The van der Waals surface area contributed by atoms with E-state index >= 15 is 0 Å². The fraction of sp³-hybridized carbons (Fsp3) is 0.0625. The Bertz CT molecular complexity index is 978. The van der Waals surface area contributed by atoms with Crippen molar-refractivity contribution in [1.29, 1.82) is 0 Å². The van der Waals surface area contributed by atoms with Crippen LogP contribution in [0.3, 0.4) is 0 Å². The van der Waals surface area contributed by atoms with Crippen molar-refractivity contribution in [3.05, 3.63) is 60.8 Å². The third-order valence-electron chi connectivity index (χ3n) is 3.30. The number of pyridine rings is 1. The number of alkyl halides is 3. The molecule has 3 aromatic rings. The fourth-order valence-electron chi connectivity index (χ4n) is 2.22. The van der Waals surface area contributed by atoms with Crippen LogP contribution in [0.25, 0.3) is 22.0 Å². The molecule has 0 radical (unpaired) electrons. The Balaban J connectivity index is 1.95. The lowest BCUT2D eigenvalue weighted by atomic mass is 10.0. The van der Waals surface area contributed by atoms with Gasteiger partial charge in [0, 0.05) is 11.6 Å². The summed E-state index contributed by atoms with van der Waals surface area (Å²) in [6.07, 6.45) is 1.66. The number of nitrogens with zero attached hydrogens (tertiary/aromatic N) is 1. The van der Waals surface area contributed by atoms with Crippen molar-refractivity contribution in [2.24, 2.45) is 0 Å². The maximum Gasteiger partial charge on any atom is 0.534 e. The zero-order chi connectivity index (χ0) is 17.4. The molecule has 24 heavy (non-hydrogen) atoms. The van der Waals surface area contributed by atoms with Crippen LogP contribution in [-0.4, -0.2) is 18.9 Å². The molecule has 2 aromatic carbocycles. The largest absolute Gasteiger partial charge is 0.534 e. The molecule has 0 saturated heterocycles. The summed E-state index contributed by atoms with van der Waals surface area (Å²) in [5.74, 6) is -0.408. The molecule has 0 atom stereocenters. The van der Waals surface area contributed by atoms with Gasteiger partial charge in [-0.05, 0) is 35.4 Å². The number of rotatable bonds is 3. The average Bonchev–Trinajstić information content (AvgIpc) is 2.54.